The molecule has 2 rings (SSSR count). The molecular formula is C16H28O3. The van der Waals surface area contributed by atoms with E-state index in [4.69, 9.17) is 4.74 Å². The molecule has 1 aliphatic heterocycles. The lowest BCUT2D eigenvalue weighted by Gasteiger charge is -2.30. The molecule has 2 fully saturated rings. The Bertz CT molecular complexity index is 298. The Morgan fingerprint density at radius 1 is 1.21 bits per heavy atom. The molecule has 1 heterocycles. The highest BCUT2D eigenvalue weighted by molar-refractivity contribution is 5.76. The first-order valence-corrected chi connectivity index (χ1v) is 8.05. The molecule has 0 aromatic rings. The van der Waals surface area contributed by atoms with E-state index < -0.39 is 11.4 Å². The van der Waals surface area contributed by atoms with E-state index in [9.17, 15) is 9.90 Å². The Morgan fingerprint density at radius 3 is 2.53 bits per heavy atom. The molecule has 3 nitrogen and oxygen atoms in total. The molecule has 1 saturated heterocycles. The number of ether oxygens (including phenoxy) is 1. The number of unbranched alkanes of at least 4 members (excludes halogenated alkanes) is 5. The number of carbonyl (C=O) groups is 1. The lowest BCUT2D eigenvalue weighted by molar-refractivity contribution is -0.154. The number of rotatable bonds is 9. The molecule has 3 heteroatoms. The maximum atomic E-state index is 11.8. The Hall–Kier alpha value is -0.570. The molecule has 2 atom stereocenters. The van der Waals surface area contributed by atoms with Gasteiger partial charge >= 0.3 is 5.97 Å². The topological polar surface area (TPSA) is 46.5 Å². The van der Waals surface area contributed by atoms with Crippen molar-refractivity contribution < 1.29 is 14.6 Å². The molecule has 1 N–H and O–H groups in total. The zero-order chi connectivity index (χ0) is 13.7. The zero-order valence-corrected chi connectivity index (χ0v) is 12.2. The summed E-state index contributed by atoms with van der Waals surface area (Å²) < 4.78 is 5.77. The van der Waals surface area contributed by atoms with Crippen molar-refractivity contribution in [3.63, 3.8) is 0 Å². The highest BCUT2D eigenvalue weighted by atomic mass is 16.5. The van der Waals surface area contributed by atoms with E-state index in [0.29, 0.717) is 12.5 Å². The van der Waals surface area contributed by atoms with Gasteiger partial charge in [0.25, 0.3) is 0 Å². The van der Waals surface area contributed by atoms with Crippen molar-refractivity contribution in [2.75, 3.05) is 6.61 Å². The first kappa shape index (κ1) is 14.8. The van der Waals surface area contributed by atoms with Crippen LogP contribution in [0.4, 0.5) is 0 Å². The first-order chi connectivity index (χ1) is 9.20. The second kappa shape index (κ2) is 6.74. The SMILES string of the molecule is CCCCCCCCC1(C(=O)O)CCOC1C1CC1. The van der Waals surface area contributed by atoms with Crippen molar-refractivity contribution in [1.29, 1.82) is 0 Å². The van der Waals surface area contributed by atoms with Gasteiger partial charge in [-0.3, -0.25) is 4.79 Å². The molecule has 0 aromatic heterocycles. The van der Waals surface area contributed by atoms with Gasteiger partial charge in [-0.05, 0) is 31.6 Å². The van der Waals surface area contributed by atoms with Gasteiger partial charge in [-0.25, -0.2) is 0 Å². The number of carboxylic acid groups (broad SMARTS) is 1. The van der Waals surface area contributed by atoms with E-state index >= 15 is 0 Å². The van der Waals surface area contributed by atoms with E-state index in [2.05, 4.69) is 6.92 Å². The minimum Gasteiger partial charge on any atom is -0.481 e. The van der Waals surface area contributed by atoms with Gasteiger partial charge in [0.15, 0.2) is 0 Å². The highest BCUT2D eigenvalue weighted by Crippen LogP contribution is 2.50. The highest BCUT2D eigenvalue weighted by Gasteiger charge is 2.55. The number of aliphatic carboxylic acids is 1. The number of carboxylic acids is 1. The molecule has 0 radical (unpaired) electrons. The Labute approximate surface area is 116 Å². The van der Waals surface area contributed by atoms with Gasteiger partial charge in [0.2, 0.25) is 0 Å². The largest absolute Gasteiger partial charge is 0.481 e. The molecule has 0 spiro atoms. The average Bonchev–Trinajstić information content (AvgIpc) is 3.14. The molecule has 0 aromatic carbocycles. The van der Waals surface area contributed by atoms with Crippen LogP contribution in [0.5, 0.6) is 0 Å². The Morgan fingerprint density at radius 2 is 1.89 bits per heavy atom. The summed E-state index contributed by atoms with van der Waals surface area (Å²) in [7, 11) is 0. The van der Waals surface area contributed by atoms with Gasteiger partial charge in [-0.2, -0.15) is 0 Å². The summed E-state index contributed by atoms with van der Waals surface area (Å²) in [6.07, 6.45) is 11.2. The third kappa shape index (κ3) is 3.50. The van der Waals surface area contributed by atoms with Crippen LogP contribution in [0.15, 0.2) is 0 Å². The van der Waals surface area contributed by atoms with E-state index in [1.807, 2.05) is 0 Å². The van der Waals surface area contributed by atoms with Gasteiger partial charge in [-0.1, -0.05) is 45.4 Å². The minimum atomic E-state index is -0.615. The molecule has 0 bridgehead atoms. The number of hydrogen-bond donors (Lipinski definition) is 1. The van der Waals surface area contributed by atoms with Gasteiger partial charge < -0.3 is 9.84 Å². The molecule has 2 unspecified atom stereocenters. The van der Waals surface area contributed by atoms with Crippen LogP contribution in [0.3, 0.4) is 0 Å². The van der Waals surface area contributed by atoms with Crippen LogP contribution in [-0.4, -0.2) is 23.8 Å². The summed E-state index contributed by atoms with van der Waals surface area (Å²) in [4.78, 5) is 11.8. The van der Waals surface area contributed by atoms with E-state index in [0.717, 1.165) is 32.1 Å². The average molecular weight is 268 g/mol. The molecule has 1 aliphatic carbocycles. The van der Waals surface area contributed by atoms with Crippen molar-refractivity contribution in [2.45, 2.75) is 77.2 Å². The van der Waals surface area contributed by atoms with E-state index in [1.54, 1.807) is 0 Å². The van der Waals surface area contributed by atoms with Gasteiger partial charge in [0, 0.05) is 6.61 Å². The predicted molar refractivity (Wildman–Crippen MR) is 75.1 cm³/mol. The van der Waals surface area contributed by atoms with Crippen molar-refractivity contribution >= 4 is 5.97 Å². The molecule has 2 aliphatic rings. The Kier molecular flexibility index (Phi) is 5.26. The second-order valence-corrected chi connectivity index (χ2v) is 6.36. The van der Waals surface area contributed by atoms with Crippen LogP contribution in [0.25, 0.3) is 0 Å². The monoisotopic (exact) mass is 268 g/mol. The van der Waals surface area contributed by atoms with Crippen LogP contribution >= 0.6 is 0 Å². The van der Waals surface area contributed by atoms with E-state index in [1.165, 1.54) is 32.1 Å². The van der Waals surface area contributed by atoms with Crippen LogP contribution in [-0.2, 0) is 9.53 Å². The van der Waals surface area contributed by atoms with Gasteiger partial charge in [0.1, 0.15) is 0 Å². The first-order valence-electron chi connectivity index (χ1n) is 8.05. The molecule has 110 valence electrons. The standard InChI is InChI=1S/C16H28O3/c1-2-3-4-5-6-7-10-16(15(17)18)11-12-19-14(16)13-8-9-13/h13-14H,2-12H2,1H3,(H,17,18). The smallest absolute Gasteiger partial charge is 0.312 e. The minimum absolute atomic E-state index is 0.000594. The fraction of sp³-hybridized carbons (Fsp3) is 0.938. The molecule has 19 heavy (non-hydrogen) atoms. The summed E-state index contributed by atoms with van der Waals surface area (Å²) in [5.74, 6) is -0.0888. The summed E-state index contributed by atoms with van der Waals surface area (Å²) in [5, 5.41) is 9.67. The number of hydrogen-bond acceptors (Lipinski definition) is 2. The summed E-state index contributed by atoms with van der Waals surface area (Å²) in [5.41, 5.74) is -0.564. The third-order valence-corrected chi connectivity index (χ3v) is 4.84. The lowest BCUT2D eigenvalue weighted by atomic mass is 9.75. The molecule has 0 amide bonds. The van der Waals surface area contributed by atoms with Crippen molar-refractivity contribution in [2.24, 2.45) is 11.3 Å². The van der Waals surface area contributed by atoms with Crippen molar-refractivity contribution in [3.8, 4) is 0 Å². The molecule has 1 saturated carbocycles. The van der Waals surface area contributed by atoms with Gasteiger partial charge in [-0.15, -0.1) is 0 Å². The fourth-order valence-electron chi connectivity index (χ4n) is 3.48. The van der Waals surface area contributed by atoms with Crippen molar-refractivity contribution in [3.05, 3.63) is 0 Å². The van der Waals surface area contributed by atoms with Crippen LogP contribution < -0.4 is 0 Å². The molecular weight excluding hydrogens is 240 g/mol. The third-order valence-electron chi connectivity index (χ3n) is 4.84. The fourth-order valence-corrected chi connectivity index (χ4v) is 3.48. The van der Waals surface area contributed by atoms with E-state index in [-0.39, 0.29) is 6.10 Å². The van der Waals surface area contributed by atoms with Crippen LogP contribution in [0.2, 0.25) is 0 Å². The lowest BCUT2D eigenvalue weighted by Crippen LogP contribution is -2.40. The summed E-state index contributed by atoms with van der Waals surface area (Å²) >= 11 is 0. The van der Waals surface area contributed by atoms with Crippen molar-refractivity contribution in [1.82, 2.24) is 0 Å². The normalized spacial score (nSPS) is 30.7. The second-order valence-electron chi connectivity index (χ2n) is 6.36. The quantitative estimate of drug-likeness (QED) is 0.643. The Balaban J connectivity index is 1.80. The van der Waals surface area contributed by atoms with Crippen LogP contribution in [0, 0.1) is 11.3 Å². The maximum Gasteiger partial charge on any atom is 0.312 e. The summed E-state index contributed by atoms with van der Waals surface area (Å²) in [6, 6.07) is 0. The maximum absolute atomic E-state index is 11.8. The summed E-state index contributed by atoms with van der Waals surface area (Å²) in [6.45, 7) is 2.86. The van der Waals surface area contributed by atoms with Crippen LogP contribution in [0.1, 0.15) is 71.1 Å². The zero-order valence-electron chi connectivity index (χ0n) is 12.2. The van der Waals surface area contributed by atoms with Gasteiger partial charge in [0.05, 0.1) is 11.5 Å². The predicted octanol–water partition coefficient (Wildman–Crippen LogP) is 4.01.